The van der Waals surface area contributed by atoms with Crippen molar-refractivity contribution >= 4 is 34.0 Å². The van der Waals surface area contributed by atoms with Gasteiger partial charge in [-0.2, -0.15) is 0 Å². The van der Waals surface area contributed by atoms with E-state index in [4.69, 9.17) is 11.6 Å². The summed E-state index contributed by atoms with van der Waals surface area (Å²) in [6.07, 6.45) is 4.89. The van der Waals surface area contributed by atoms with Crippen molar-refractivity contribution in [3.05, 3.63) is 10.0 Å². The van der Waals surface area contributed by atoms with E-state index in [1.165, 1.54) is 37.7 Å². The van der Waals surface area contributed by atoms with Gasteiger partial charge in [-0.25, -0.2) is 9.78 Å². The van der Waals surface area contributed by atoms with Gasteiger partial charge in [-0.3, -0.25) is 0 Å². The van der Waals surface area contributed by atoms with Crippen LogP contribution < -0.4 is 5.32 Å². The first-order valence-electron chi connectivity index (χ1n) is 6.88. The number of ether oxygens (including phenoxy) is 1. The van der Waals surface area contributed by atoms with Crippen LogP contribution in [0, 0.1) is 5.41 Å². The number of hydrogen-bond acceptors (Lipinski definition) is 5. The molecule has 0 amide bonds. The second-order valence-electron chi connectivity index (χ2n) is 5.61. The third kappa shape index (κ3) is 5.29. The first-order chi connectivity index (χ1) is 9.39. The minimum Gasteiger partial charge on any atom is -0.465 e. The molecule has 1 aromatic rings. The van der Waals surface area contributed by atoms with E-state index in [-0.39, 0.29) is 10.6 Å². The summed E-state index contributed by atoms with van der Waals surface area (Å²) in [5.41, 5.74) is 0.193. The lowest BCUT2D eigenvalue weighted by Gasteiger charge is -2.24. The second-order valence-corrected chi connectivity index (χ2v) is 6.96. The van der Waals surface area contributed by atoms with Crippen LogP contribution in [0.2, 0.25) is 5.15 Å². The van der Waals surface area contributed by atoms with Crippen molar-refractivity contribution in [2.75, 3.05) is 19.0 Å². The molecular formula is C14H23ClN2O2S. The number of carbonyl (C=O) groups is 1. The topological polar surface area (TPSA) is 51.2 Å². The molecular weight excluding hydrogens is 296 g/mol. The Morgan fingerprint density at radius 1 is 1.45 bits per heavy atom. The zero-order chi connectivity index (χ0) is 15.2. The fraction of sp³-hybridized carbons (Fsp3) is 0.714. The van der Waals surface area contributed by atoms with Crippen molar-refractivity contribution in [1.29, 1.82) is 0 Å². The molecule has 0 radical (unpaired) electrons. The average Bonchev–Trinajstić information content (AvgIpc) is 2.77. The molecule has 0 bridgehead atoms. The fourth-order valence-electron chi connectivity index (χ4n) is 1.85. The molecule has 0 fully saturated rings. The lowest BCUT2D eigenvalue weighted by molar-refractivity contribution is 0.0606. The molecule has 4 nitrogen and oxygen atoms in total. The number of anilines is 1. The summed E-state index contributed by atoms with van der Waals surface area (Å²) in [6, 6.07) is 0. The highest BCUT2D eigenvalue weighted by Crippen LogP contribution is 2.30. The Labute approximate surface area is 129 Å². The maximum Gasteiger partial charge on any atom is 0.351 e. The number of nitrogens with zero attached hydrogens (tertiary/aromatic N) is 1. The Morgan fingerprint density at radius 2 is 2.15 bits per heavy atom. The Hall–Kier alpha value is -0.810. The molecule has 0 aromatic carbocycles. The predicted octanol–water partition coefficient (Wildman–Crippen LogP) is 4.60. The molecule has 20 heavy (non-hydrogen) atoms. The van der Waals surface area contributed by atoms with Gasteiger partial charge in [0.1, 0.15) is 0 Å². The van der Waals surface area contributed by atoms with Gasteiger partial charge in [0.2, 0.25) is 0 Å². The van der Waals surface area contributed by atoms with Gasteiger partial charge in [0, 0.05) is 6.54 Å². The van der Waals surface area contributed by atoms with Crippen molar-refractivity contribution in [3.8, 4) is 0 Å². The molecule has 0 aliphatic rings. The standard InChI is InChI=1S/C14H23ClN2O2S/c1-5-6-7-8-14(2,3)9-16-13-17-11(15)10(20-13)12(18)19-4/h5-9H2,1-4H3,(H,16,17). The largest absolute Gasteiger partial charge is 0.465 e. The highest BCUT2D eigenvalue weighted by atomic mass is 35.5. The van der Waals surface area contributed by atoms with Crippen molar-refractivity contribution < 1.29 is 9.53 Å². The first kappa shape index (κ1) is 17.2. The number of hydrogen-bond donors (Lipinski definition) is 1. The molecule has 1 N–H and O–H groups in total. The molecule has 6 heteroatoms. The van der Waals surface area contributed by atoms with Gasteiger partial charge in [0.05, 0.1) is 7.11 Å². The van der Waals surface area contributed by atoms with Crippen LogP contribution in [0.3, 0.4) is 0 Å². The minimum absolute atomic E-state index is 0.193. The van der Waals surface area contributed by atoms with Crippen molar-refractivity contribution in [1.82, 2.24) is 4.98 Å². The van der Waals surface area contributed by atoms with E-state index < -0.39 is 5.97 Å². The van der Waals surface area contributed by atoms with Gasteiger partial charge < -0.3 is 10.1 Å². The second kappa shape index (κ2) is 7.84. The normalized spacial score (nSPS) is 11.4. The van der Waals surface area contributed by atoms with E-state index >= 15 is 0 Å². The quantitative estimate of drug-likeness (QED) is 0.562. The number of rotatable bonds is 8. The van der Waals surface area contributed by atoms with Gasteiger partial charge in [0.15, 0.2) is 15.2 Å². The van der Waals surface area contributed by atoms with Gasteiger partial charge in [-0.15, -0.1) is 0 Å². The Morgan fingerprint density at radius 3 is 2.75 bits per heavy atom. The molecule has 1 aromatic heterocycles. The van der Waals surface area contributed by atoms with E-state index in [1.54, 1.807) is 0 Å². The van der Waals surface area contributed by atoms with Crippen LogP contribution in [0.15, 0.2) is 0 Å². The van der Waals surface area contributed by atoms with E-state index in [2.05, 4.69) is 35.8 Å². The lowest BCUT2D eigenvalue weighted by atomic mass is 9.87. The van der Waals surface area contributed by atoms with E-state index in [0.29, 0.717) is 10.0 Å². The van der Waals surface area contributed by atoms with Crippen LogP contribution in [0.25, 0.3) is 0 Å². The summed E-state index contributed by atoms with van der Waals surface area (Å²) in [5, 5.41) is 4.13. The molecule has 0 saturated carbocycles. The van der Waals surface area contributed by atoms with Crippen LogP contribution in [0.4, 0.5) is 5.13 Å². The lowest BCUT2D eigenvalue weighted by Crippen LogP contribution is -2.22. The van der Waals surface area contributed by atoms with Crippen molar-refractivity contribution in [2.45, 2.75) is 46.5 Å². The number of thiazole rings is 1. The number of aromatic nitrogens is 1. The molecule has 0 aliphatic carbocycles. The summed E-state index contributed by atoms with van der Waals surface area (Å²) < 4.78 is 4.66. The molecule has 1 heterocycles. The third-order valence-corrected chi connectivity index (χ3v) is 4.51. The summed E-state index contributed by atoms with van der Waals surface area (Å²) in [6.45, 7) is 7.47. The van der Waals surface area contributed by atoms with E-state index in [9.17, 15) is 4.79 Å². The maximum absolute atomic E-state index is 11.5. The zero-order valence-electron chi connectivity index (χ0n) is 12.6. The van der Waals surface area contributed by atoms with Crippen molar-refractivity contribution in [3.63, 3.8) is 0 Å². The van der Waals surface area contributed by atoms with E-state index in [1.807, 2.05) is 0 Å². The number of nitrogens with one attached hydrogen (secondary N) is 1. The minimum atomic E-state index is -0.442. The Balaban J connectivity index is 2.55. The van der Waals surface area contributed by atoms with Crippen LogP contribution in [0.1, 0.15) is 56.1 Å². The molecule has 1 rings (SSSR count). The van der Waals surface area contributed by atoms with Gasteiger partial charge in [-0.05, 0) is 11.8 Å². The maximum atomic E-state index is 11.5. The predicted molar refractivity (Wildman–Crippen MR) is 84.9 cm³/mol. The van der Waals surface area contributed by atoms with Crippen molar-refractivity contribution in [2.24, 2.45) is 5.41 Å². The highest BCUT2D eigenvalue weighted by Gasteiger charge is 2.20. The monoisotopic (exact) mass is 318 g/mol. The molecule has 0 unspecified atom stereocenters. The third-order valence-electron chi connectivity index (χ3n) is 3.13. The number of carbonyl (C=O) groups excluding carboxylic acids is 1. The zero-order valence-corrected chi connectivity index (χ0v) is 14.2. The van der Waals surface area contributed by atoms with Gasteiger partial charge >= 0.3 is 5.97 Å². The van der Waals surface area contributed by atoms with Gasteiger partial charge in [-0.1, -0.05) is 63.0 Å². The summed E-state index contributed by atoms with van der Waals surface area (Å²) in [4.78, 5) is 16.0. The number of methoxy groups -OCH3 is 1. The molecule has 0 aliphatic heterocycles. The first-order valence-corrected chi connectivity index (χ1v) is 8.07. The van der Waals surface area contributed by atoms with Crippen LogP contribution >= 0.6 is 22.9 Å². The van der Waals surface area contributed by atoms with Crippen LogP contribution in [-0.4, -0.2) is 24.6 Å². The fourth-order valence-corrected chi connectivity index (χ4v) is 2.95. The number of esters is 1. The average molecular weight is 319 g/mol. The summed E-state index contributed by atoms with van der Waals surface area (Å²) in [7, 11) is 1.34. The SMILES string of the molecule is CCCCCC(C)(C)CNc1nc(Cl)c(C(=O)OC)s1. The number of unbranched alkanes of at least 4 members (excludes halogenated alkanes) is 2. The molecule has 0 spiro atoms. The van der Waals surface area contributed by atoms with Crippen LogP contribution in [-0.2, 0) is 4.74 Å². The van der Waals surface area contributed by atoms with E-state index in [0.717, 1.165) is 13.0 Å². The Kier molecular flexibility index (Phi) is 6.76. The van der Waals surface area contributed by atoms with Crippen LogP contribution in [0.5, 0.6) is 0 Å². The molecule has 0 atom stereocenters. The summed E-state index contributed by atoms with van der Waals surface area (Å²) in [5.74, 6) is -0.442. The van der Waals surface area contributed by atoms with Gasteiger partial charge in [0.25, 0.3) is 0 Å². The molecule has 0 saturated heterocycles. The highest BCUT2D eigenvalue weighted by molar-refractivity contribution is 7.18. The smallest absolute Gasteiger partial charge is 0.351 e. The Bertz CT molecular complexity index is 446. The number of halogens is 1. The summed E-state index contributed by atoms with van der Waals surface area (Å²) >= 11 is 7.16. The molecule has 114 valence electrons.